The first kappa shape index (κ1) is 26.9. The van der Waals surface area contributed by atoms with E-state index in [-0.39, 0.29) is 17.4 Å². The van der Waals surface area contributed by atoms with Crippen molar-refractivity contribution in [2.24, 2.45) is 23.2 Å². The fourth-order valence-corrected chi connectivity index (χ4v) is 7.22. The van der Waals surface area contributed by atoms with Crippen LogP contribution < -0.4 is 0 Å². The molecule has 3 rings (SSSR count). The Labute approximate surface area is 209 Å². The van der Waals surface area contributed by atoms with E-state index in [0.717, 1.165) is 25.2 Å². The monoisotopic (exact) mass is 524 g/mol. The fraction of sp³-hybridized carbons (Fsp3) is 0.821. The lowest BCUT2D eigenvalue weighted by Crippen LogP contribution is -2.36. The minimum Gasteiger partial charge on any atom is -0.461 e. The number of carbonyl (C=O) groups is 1. The van der Waals surface area contributed by atoms with Gasteiger partial charge in [0.15, 0.2) is 0 Å². The Morgan fingerprint density at radius 2 is 2.06 bits per heavy atom. The Bertz CT molecular complexity index is 737. The summed E-state index contributed by atoms with van der Waals surface area (Å²) in [5.41, 5.74) is 2.58. The average Bonchev–Trinajstić information content (AvgIpc) is 3.08. The molecule has 0 radical (unpaired) electrons. The number of esters is 1. The fourth-order valence-electron chi connectivity index (χ4n) is 7.09. The summed E-state index contributed by atoms with van der Waals surface area (Å²) in [5.74, 6) is 1.84. The molecule has 0 bridgehead atoms. The van der Waals surface area contributed by atoms with Gasteiger partial charge in [-0.3, -0.25) is 4.79 Å². The van der Waals surface area contributed by atoms with Crippen molar-refractivity contribution in [1.29, 1.82) is 0 Å². The average molecular weight is 526 g/mol. The second-order valence-electron chi connectivity index (χ2n) is 11.9. The molecule has 0 spiro atoms. The van der Waals surface area contributed by atoms with Crippen molar-refractivity contribution in [1.82, 2.24) is 0 Å². The third-order valence-electron chi connectivity index (χ3n) is 8.64. The van der Waals surface area contributed by atoms with Crippen molar-refractivity contribution in [3.63, 3.8) is 0 Å². The molecule has 0 saturated heterocycles. The summed E-state index contributed by atoms with van der Waals surface area (Å²) in [4.78, 5) is 11.7. The zero-order valence-corrected chi connectivity index (χ0v) is 22.7. The molecule has 0 aliphatic heterocycles. The van der Waals surface area contributed by atoms with Crippen LogP contribution in [-0.2, 0) is 9.53 Å². The predicted molar refractivity (Wildman–Crippen MR) is 137 cm³/mol. The molecule has 0 aromatic rings. The van der Waals surface area contributed by atoms with Crippen LogP contribution in [0.25, 0.3) is 0 Å². The van der Waals surface area contributed by atoms with E-state index < -0.39 is 11.7 Å². The SMILES string of the molecule is CC(CCCC(C)(C)O)[C@H]1CCC2/C(=C/C=C3\C[C@@H](O)C[C@H](OC(=O)CBr)C3)CCC[C@@]21C. The number of hydrogen-bond donors (Lipinski definition) is 2. The van der Waals surface area contributed by atoms with Crippen LogP contribution in [0.2, 0.25) is 0 Å². The van der Waals surface area contributed by atoms with Gasteiger partial charge in [-0.05, 0) is 82.0 Å². The first-order valence-electron chi connectivity index (χ1n) is 13.1. The summed E-state index contributed by atoms with van der Waals surface area (Å²) >= 11 is 3.15. The highest BCUT2D eigenvalue weighted by Gasteiger charge is 2.50. The number of fused-ring (bicyclic) bond motifs is 1. The van der Waals surface area contributed by atoms with E-state index in [4.69, 9.17) is 4.74 Å². The van der Waals surface area contributed by atoms with Crippen LogP contribution >= 0.6 is 15.9 Å². The second kappa shape index (κ2) is 11.4. The maximum Gasteiger partial charge on any atom is 0.316 e. The highest BCUT2D eigenvalue weighted by atomic mass is 79.9. The van der Waals surface area contributed by atoms with Crippen LogP contribution in [-0.4, -0.2) is 39.3 Å². The van der Waals surface area contributed by atoms with Crippen molar-refractivity contribution < 1.29 is 19.7 Å². The number of aliphatic hydroxyl groups is 2. The van der Waals surface area contributed by atoms with Crippen molar-refractivity contribution >= 4 is 21.9 Å². The lowest BCUT2D eigenvalue weighted by Gasteiger charge is -2.44. The van der Waals surface area contributed by atoms with E-state index in [0.29, 0.717) is 30.1 Å². The van der Waals surface area contributed by atoms with Gasteiger partial charge in [-0.1, -0.05) is 65.9 Å². The van der Waals surface area contributed by atoms with Gasteiger partial charge in [0, 0.05) is 12.8 Å². The van der Waals surface area contributed by atoms with E-state index in [9.17, 15) is 15.0 Å². The zero-order valence-electron chi connectivity index (χ0n) is 21.1. The molecule has 0 aromatic carbocycles. The molecule has 0 amide bonds. The maximum atomic E-state index is 11.7. The molecule has 2 unspecified atom stereocenters. The van der Waals surface area contributed by atoms with E-state index in [1.807, 2.05) is 13.8 Å². The summed E-state index contributed by atoms with van der Waals surface area (Å²) < 4.78 is 5.49. The summed E-state index contributed by atoms with van der Waals surface area (Å²) in [7, 11) is 0. The van der Waals surface area contributed by atoms with Gasteiger partial charge in [0.2, 0.25) is 0 Å². The number of alkyl halides is 1. The van der Waals surface area contributed by atoms with E-state index in [2.05, 4.69) is 41.9 Å². The summed E-state index contributed by atoms with van der Waals surface area (Å²) in [6.07, 6.45) is 15.3. The quantitative estimate of drug-likeness (QED) is 0.281. The molecule has 0 aromatic heterocycles. The van der Waals surface area contributed by atoms with Gasteiger partial charge in [0.25, 0.3) is 0 Å². The number of aliphatic hydroxyl groups excluding tert-OH is 1. The Morgan fingerprint density at radius 1 is 1.30 bits per heavy atom. The first-order chi connectivity index (χ1) is 15.5. The van der Waals surface area contributed by atoms with Gasteiger partial charge in [-0.15, -0.1) is 0 Å². The first-order valence-corrected chi connectivity index (χ1v) is 14.2. The normalized spacial score (nSPS) is 36.1. The number of ether oxygens (including phenoxy) is 1. The Morgan fingerprint density at radius 3 is 2.76 bits per heavy atom. The predicted octanol–water partition coefficient (Wildman–Crippen LogP) is 6.48. The van der Waals surface area contributed by atoms with Crippen LogP contribution in [0, 0.1) is 23.2 Å². The lowest BCUT2D eigenvalue weighted by atomic mass is 9.60. The van der Waals surface area contributed by atoms with E-state index >= 15 is 0 Å². The Hall–Kier alpha value is -0.650. The molecule has 4 nitrogen and oxygen atoms in total. The van der Waals surface area contributed by atoms with Crippen LogP contribution in [0.4, 0.5) is 0 Å². The number of rotatable bonds is 8. The minimum atomic E-state index is -0.561. The molecular weight excluding hydrogens is 480 g/mol. The highest BCUT2D eigenvalue weighted by Crippen LogP contribution is 2.60. The number of carbonyl (C=O) groups excluding carboxylic acids is 1. The Kier molecular flexibility index (Phi) is 9.30. The van der Waals surface area contributed by atoms with Crippen molar-refractivity contribution in [3.8, 4) is 0 Å². The van der Waals surface area contributed by atoms with Crippen LogP contribution in [0.3, 0.4) is 0 Å². The highest BCUT2D eigenvalue weighted by molar-refractivity contribution is 9.09. The molecular formula is C28H45BrO4. The van der Waals surface area contributed by atoms with E-state index in [1.54, 1.807) is 5.57 Å². The smallest absolute Gasteiger partial charge is 0.316 e. The number of halogens is 1. The molecule has 3 aliphatic rings. The molecule has 33 heavy (non-hydrogen) atoms. The molecule has 6 atom stereocenters. The zero-order chi connectivity index (χ0) is 24.2. The van der Waals surface area contributed by atoms with Crippen LogP contribution in [0.5, 0.6) is 0 Å². The van der Waals surface area contributed by atoms with Crippen molar-refractivity contribution in [2.45, 2.75) is 116 Å². The molecule has 3 saturated carbocycles. The van der Waals surface area contributed by atoms with Gasteiger partial charge in [-0.2, -0.15) is 0 Å². The number of hydrogen-bond acceptors (Lipinski definition) is 4. The van der Waals surface area contributed by atoms with Crippen molar-refractivity contribution in [2.75, 3.05) is 5.33 Å². The topological polar surface area (TPSA) is 66.8 Å². The molecule has 0 heterocycles. The lowest BCUT2D eigenvalue weighted by molar-refractivity contribution is -0.147. The Balaban J connectivity index is 1.66. The van der Waals surface area contributed by atoms with Gasteiger partial charge >= 0.3 is 5.97 Å². The molecule has 3 aliphatic carbocycles. The molecule has 2 N–H and O–H groups in total. The van der Waals surface area contributed by atoms with Gasteiger partial charge < -0.3 is 14.9 Å². The van der Waals surface area contributed by atoms with Gasteiger partial charge in [-0.25, -0.2) is 0 Å². The maximum absolute atomic E-state index is 11.7. The summed E-state index contributed by atoms with van der Waals surface area (Å²) in [6, 6.07) is 0. The van der Waals surface area contributed by atoms with E-state index in [1.165, 1.54) is 44.1 Å². The van der Waals surface area contributed by atoms with Crippen LogP contribution in [0.1, 0.15) is 98.3 Å². The standard InChI is InChI=1S/C28H45BrO4/c1-19(7-5-13-27(2,3)32)24-11-12-25-21(8-6-14-28(24,25)4)10-9-20-15-22(30)17-23(16-20)33-26(31)18-29/h9-10,19,22-25,30,32H,5-8,11-18H2,1-4H3/b20-9+,21-10+/t19?,22-,23-,24-,25?,28-/m1/s1. The summed E-state index contributed by atoms with van der Waals surface area (Å²) in [6.45, 7) is 8.79. The minimum absolute atomic E-state index is 0.195. The molecule has 5 heteroatoms. The third kappa shape index (κ3) is 7.18. The molecule has 3 fully saturated rings. The summed E-state index contributed by atoms with van der Waals surface area (Å²) in [5, 5.41) is 20.6. The number of allylic oxidation sites excluding steroid dienone is 3. The largest absolute Gasteiger partial charge is 0.461 e. The molecule has 188 valence electrons. The van der Waals surface area contributed by atoms with Gasteiger partial charge in [0.05, 0.1) is 11.7 Å². The second-order valence-corrected chi connectivity index (χ2v) is 12.4. The van der Waals surface area contributed by atoms with Gasteiger partial charge in [0.1, 0.15) is 11.4 Å². The van der Waals surface area contributed by atoms with Crippen molar-refractivity contribution in [3.05, 3.63) is 23.3 Å². The van der Waals surface area contributed by atoms with Crippen LogP contribution in [0.15, 0.2) is 23.3 Å². The third-order valence-corrected chi connectivity index (χ3v) is 9.09.